The summed E-state index contributed by atoms with van der Waals surface area (Å²) in [6.45, 7) is 8.70. The summed E-state index contributed by atoms with van der Waals surface area (Å²) < 4.78 is 34.0. The van der Waals surface area contributed by atoms with Gasteiger partial charge in [-0.1, -0.05) is 81.4 Å². The zero-order chi connectivity index (χ0) is 47.9. The van der Waals surface area contributed by atoms with Crippen molar-refractivity contribution in [3.8, 4) is 71.7 Å². The van der Waals surface area contributed by atoms with E-state index in [0.717, 1.165) is 41.0 Å². The van der Waals surface area contributed by atoms with Gasteiger partial charge in [0.25, 0.3) is 5.56 Å². The molecule has 0 fully saturated rings. The fourth-order valence-electron chi connectivity index (χ4n) is 7.72. The highest BCUT2D eigenvalue weighted by molar-refractivity contribution is 8.29. The Morgan fingerprint density at radius 2 is 1.38 bits per heavy atom. The zero-order valence-corrected chi connectivity index (χ0v) is 38.9. The van der Waals surface area contributed by atoms with Crippen LogP contribution in [0.5, 0.6) is 0 Å². The Labute approximate surface area is 391 Å². The average molecular weight is 926 g/mol. The smallest absolute Gasteiger partial charge is 0.322 e. The number of ether oxygens (including phenoxy) is 3. The number of aromatic nitrogens is 1. The Kier molecular flexibility index (Phi) is 21.1. The van der Waals surface area contributed by atoms with Gasteiger partial charge in [0.2, 0.25) is 0 Å². The summed E-state index contributed by atoms with van der Waals surface area (Å²) in [4.78, 5) is 54.0. The van der Waals surface area contributed by atoms with Gasteiger partial charge in [-0.15, -0.1) is 10.8 Å². The molecule has 0 aliphatic heterocycles. The van der Waals surface area contributed by atoms with Crippen LogP contribution in [0.25, 0.3) is 28.1 Å². The molecule has 1 heterocycles. The molecule has 0 saturated carbocycles. The molecule has 1 N–H and O–H groups in total. The Balaban J connectivity index is 1.42. The third-order valence-corrected chi connectivity index (χ3v) is 12.6. The van der Waals surface area contributed by atoms with Crippen molar-refractivity contribution in [2.24, 2.45) is 17.8 Å². The highest BCUT2D eigenvalue weighted by atomic mass is 32.8. The third kappa shape index (κ3) is 15.4. The normalized spacial score (nSPS) is 13.0. The molecular formula is C53H51NO10S2. The fourth-order valence-corrected chi connectivity index (χ4v) is 8.79. The topological polar surface area (TPSA) is 147 Å². The van der Waals surface area contributed by atoms with Crippen molar-refractivity contribution in [2.45, 2.75) is 89.9 Å². The van der Waals surface area contributed by atoms with E-state index in [9.17, 15) is 23.4 Å². The predicted octanol–water partition coefficient (Wildman–Crippen LogP) is 6.99. The largest absolute Gasteiger partial charge is 0.469 e. The van der Waals surface area contributed by atoms with Crippen molar-refractivity contribution in [3.05, 3.63) is 87.5 Å². The minimum absolute atomic E-state index is 0.0114. The summed E-state index contributed by atoms with van der Waals surface area (Å²) in [6.07, 6.45) is 11.5. The lowest BCUT2D eigenvalue weighted by Gasteiger charge is -2.26. The summed E-state index contributed by atoms with van der Waals surface area (Å²) in [5.74, 6) is 19.5. The Morgan fingerprint density at radius 3 is 2.00 bits per heavy atom. The number of rotatable bonds is 22. The summed E-state index contributed by atoms with van der Waals surface area (Å²) in [5.41, 5.74) is 1.40. The number of methoxy groups -OCH3 is 1. The molecule has 0 amide bonds. The second-order valence-electron chi connectivity index (χ2n) is 15.3. The highest BCUT2D eigenvalue weighted by Crippen LogP contribution is 2.34. The number of carbonyl (C=O) groups is 3. The predicted molar refractivity (Wildman–Crippen MR) is 259 cm³/mol. The van der Waals surface area contributed by atoms with Gasteiger partial charge in [0, 0.05) is 68.8 Å². The van der Waals surface area contributed by atoms with E-state index in [2.05, 4.69) is 76.2 Å². The maximum absolute atomic E-state index is 13.7. The second kappa shape index (κ2) is 26.9. The van der Waals surface area contributed by atoms with Crippen molar-refractivity contribution in [2.75, 3.05) is 13.7 Å². The van der Waals surface area contributed by atoms with E-state index in [1.165, 1.54) is 7.11 Å². The molecule has 11 nitrogen and oxygen atoms in total. The van der Waals surface area contributed by atoms with Crippen molar-refractivity contribution in [1.82, 2.24) is 4.57 Å². The molecule has 0 aliphatic carbocycles. The molecule has 4 aromatic rings. The summed E-state index contributed by atoms with van der Waals surface area (Å²) in [7, 11) is -2.06. The minimum Gasteiger partial charge on any atom is -0.469 e. The van der Waals surface area contributed by atoms with Crippen molar-refractivity contribution in [1.29, 1.82) is 0 Å². The first-order valence-electron chi connectivity index (χ1n) is 21.5. The van der Waals surface area contributed by atoms with E-state index in [1.807, 2.05) is 62.4 Å². The van der Waals surface area contributed by atoms with Gasteiger partial charge in [-0.3, -0.25) is 19.2 Å². The standard InChI is InChI=1S/C53H51NO10S2/c1-6-9-10-11-12-13-14-15-17-20-34-63-53(58)46(37-45(51(56)61-5)35-41(7-2)43-30-28-40(29-31-43)38-66(60,65)64-59)36-42(8-3)52(57)62-33-21-18-16-19-32-54-39(4)47-26-22-24-44-25-23-27-48(49(44)47)50(54)55/h1,22-31,41-42,45-46,59H,4,7-8,16,18-19,21,32-33,35-38H2,2-3,5H3. The Morgan fingerprint density at radius 1 is 0.773 bits per heavy atom. The maximum Gasteiger partial charge on any atom is 0.322 e. The van der Waals surface area contributed by atoms with Crippen LogP contribution >= 0.6 is 0 Å². The molecule has 5 unspecified atom stereocenters. The number of unbranched alkanes of at least 4 members (excludes halogenated alkanes) is 3. The molecule has 340 valence electrons. The molecule has 4 rings (SSSR count). The number of carbonyl (C=O) groups excluding carboxylic acids is 3. The number of hydrogen-bond donors (Lipinski definition) is 1. The number of esters is 3. The molecule has 13 heteroatoms. The lowest BCUT2D eigenvalue weighted by Crippen LogP contribution is -2.33. The first-order valence-corrected chi connectivity index (χ1v) is 24.0. The van der Waals surface area contributed by atoms with Crippen molar-refractivity contribution >= 4 is 66.0 Å². The molecule has 0 bridgehead atoms. The molecule has 66 heavy (non-hydrogen) atoms. The van der Waals surface area contributed by atoms with Gasteiger partial charge in [-0.2, -0.15) is 0 Å². The maximum atomic E-state index is 13.7. The van der Waals surface area contributed by atoms with Gasteiger partial charge in [0.05, 0.1) is 37.2 Å². The number of benzene rings is 3. The fraction of sp³-hybridized carbons (Fsp3) is 0.358. The van der Waals surface area contributed by atoms with Gasteiger partial charge in [-0.25, -0.2) is 9.47 Å². The molecule has 5 atom stereocenters. The number of nitrogens with zero attached hydrogens (tertiary/aromatic N) is 1. The van der Waals surface area contributed by atoms with Crippen LogP contribution in [-0.4, -0.2) is 45.7 Å². The molecule has 0 radical (unpaired) electrons. The Hall–Kier alpha value is -6.81. The highest BCUT2D eigenvalue weighted by Gasteiger charge is 2.34. The van der Waals surface area contributed by atoms with Crippen LogP contribution in [0.2, 0.25) is 0 Å². The van der Waals surface area contributed by atoms with Crippen LogP contribution < -0.4 is 10.9 Å². The molecule has 0 spiro atoms. The summed E-state index contributed by atoms with van der Waals surface area (Å²) in [5, 5.41) is 13.1. The van der Waals surface area contributed by atoms with E-state index in [0.29, 0.717) is 48.5 Å². The SMILES string of the molecule is C#CC#CC#CC#CC#CC#COC(=O)C(CC(CC(CC)c1ccc(CS(=O)(=S)OO)cc1)C(=O)OC)CC(CC)C(=O)OCCCCCCn1c(=C)c2cccc3cccc(c1=O)c32. The molecule has 3 aromatic carbocycles. The monoisotopic (exact) mass is 925 g/mol. The third-order valence-electron chi connectivity index (χ3n) is 11.1. The van der Waals surface area contributed by atoms with E-state index in [4.69, 9.17) is 37.1 Å². The average Bonchev–Trinajstić information content (AvgIpc) is 3.32. The Bertz CT molecular complexity index is 2900. The quantitative estimate of drug-likeness (QED) is 0.0218. The number of terminal acetylenes is 1. The molecule has 1 aromatic heterocycles. The lowest BCUT2D eigenvalue weighted by atomic mass is 9.80. The van der Waals surface area contributed by atoms with Crippen LogP contribution in [0, 0.1) is 89.5 Å². The molecule has 0 saturated heterocycles. The van der Waals surface area contributed by atoms with Crippen molar-refractivity contribution in [3.63, 3.8) is 0 Å². The van der Waals surface area contributed by atoms with Crippen LogP contribution in [-0.2, 0) is 65.2 Å². The van der Waals surface area contributed by atoms with Gasteiger partial charge < -0.3 is 18.8 Å². The molecular weight excluding hydrogens is 875 g/mol. The second-order valence-corrected chi connectivity index (χ2v) is 18.4. The molecule has 0 aliphatic rings. The van der Waals surface area contributed by atoms with Crippen LogP contribution in [0.3, 0.4) is 0 Å². The van der Waals surface area contributed by atoms with E-state index < -0.39 is 44.4 Å². The van der Waals surface area contributed by atoms with Crippen LogP contribution in [0.15, 0.2) is 65.5 Å². The zero-order valence-electron chi connectivity index (χ0n) is 37.2. The van der Waals surface area contributed by atoms with Gasteiger partial charge >= 0.3 is 17.9 Å². The first-order chi connectivity index (χ1) is 31.9. The number of pyridine rings is 1. The van der Waals surface area contributed by atoms with E-state index in [-0.39, 0.29) is 36.7 Å². The van der Waals surface area contributed by atoms with Crippen molar-refractivity contribution < 1.29 is 42.4 Å². The van der Waals surface area contributed by atoms with E-state index >= 15 is 0 Å². The first kappa shape index (κ1) is 51.8. The van der Waals surface area contributed by atoms with E-state index in [1.54, 1.807) is 16.7 Å². The van der Waals surface area contributed by atoms with Gasteiger partial charge in [0.15, 0.2) is 8.77 Å². The van der Waals surface area contributed by atoms with Crippen LogP contribution in [0.4, 0.5) is 0 Å². The van der Waals surface area contributed by atoms with Crippen LogP contribution in [0.1, 0.15) is 88.7 Å². The minimum atomic E-state index is -3.33. The number of hydrogen-bond acceptors (Lipinski definition) is 11. The summed E-state index contributed by atoms with van der Waals surface area (Å²) >= 11 is 4.79. The lowest BCUT2D eigenvalue weighted by molar-refractivity contribution is -0.151. The summed E-state index contributed by atoms with van der Waals surface area (Å²) in [6, 6.07) is 18.8. The van der Waals surface area contributed by atoms with Gasteiger partial charge in [0.1, 0.15) is 6.11 Å². The van der Waals surface area contributed by atoms with Gasteiger partial charge in [-0.05, 0) is 109 Å².